The van der Waals surface area contributed by atoms with E-state index in [9.17, 15) is 23.5 Å². The number of H-pyrrole nitrogens is 1. The molecule has 1 heterocycles. The van der Waals surface area contributed by atoms with Gasteiger partial charge in [-0.15, -0.1) is 0 Å². The third-order valence-corrected chi connectivity index (χ3v) is 2.16. The summed E-state index contributed by atoms with van der Waals surface area (Å²) in [5.74, 6) is -3.47. The number of nitrogens with one attached hydrogen (secondary N) is 1. The Balaban J connectivity index is 3.14. The molecule has 1 atom stereocenters. The van der Waals surface area contributed by atoms with E-state index in [1.54, 1.807) is 0 Å². The van der Waals surface area contributed by atoms with Gasteiger partial charge in [0.25, 0.3) is 5.56 Å². The van der Waals surface area contributed by atoms with Gasteiger partial charge in [-0.2, -0.15) is 0 Å². The largest absolute Gasteiger partial charge is 0.493 e. The number of aromatic amines is 1. The molecule has 6 nitrogen and oxygen atoms in total. The fourth-order valence-electron chi connectivity index (χ4n) is 1.32. The maximum atomic E-state index is 12.7. The van der Waals surface area contributed by atoms with Crippen molar-refractivity contribution in [2.75, 3.05) is 7.11 Å². The highest BCUT2D eigenvalue weighted by Gasteiger charge is 2.31. The number of carbonyl (C=O) groups is 1. The number of nitrogens with zero attached hydrogens (tertiary/aromatic N) is 1. The Labute approximate surface area is 94.3 Å². The van der Waals surface area contributed by atoms with Gasteiger partial charge in [-0.3, -0.25) is 9.59 Å². The first-order valence-corrected chi connectivity index (χ1v) is 4.58. The first kappa shape index (κ1) is 13.1. The summed E-state index contributed by atoms with van der Waals surface area (Å²) in [6.07, 6.45) is -2.83. The molecule has 0 radical (unpaired) electrons. The quantitative estimate of drug-likeness (QED) is 0.752. The van der Waals surface area contributed by atoms with Gasteiger partial charge in [0.2, 0.25) is 12.3 Å². The van der Waals surface area contributed by atoms with E-state index in [2.05, 4.69) is 14.7 Å². The average molecular weight is 248 g/mol. The number of ether oxygens (including phenoxy) is 1. The first-order chi connectivity index (χ1) is 7.97. The Kier molecular flexibility index (Phi) is 4.13. The Hall–Kier alpha value is -1.99. The number of methoxy groups -OCH3 is 1. The van der Waals surface area contributed by atoms with Gasteiger partial charge in [0.15, 0.2) is 0 Å². The molecule has 0 fully saturated rings. The molecule has 8 heteroatoms. The zero-order valence-electron chi connectivity index (χ0n) is 8.81. The Bertz CT molecular complexity index is 461. The first-order valence-electron chi connectivity index (χ1n) is 4.58. The number of aromatic hydroxyl groups is 1. The van der Waals surface area contributed by atoms with Gasteiger partial charge >= 0.3 is 5.97 Å². The number of halogens is 2. The Morgan fingerprint density at radius 2 is 2.29 bits per heavy atom. The van der Waals surface area contributed by atoms with Gasteiger partial charge < -0.3 is 14.8 Å². The van der Waals surface area contributed by atoms with Crippen LogP contribution in [0.3, 0.4) is 0 Å². The van der Waals surface area contributed by atoms with E-state index in [0.717, 1.165) is 13.4 Å². The molecule has 2 N–H and O–H groups in total. The van der Waals surface area contributed by atoms with Crippen molar-refractivity contribution in [3.63, 3.8) is 0 Å². The molecule has 1 unspecified atom stereocenters. The molecule has 0 saturated heterocycles. The van der Waals surface area contributed by atoms with Gasteiger partial charge in [-0.05, 0) is 0 Å². The maximum absolute atomic E-state index is 12.7. The summed E-state index contributed by atoms with van der Waals surface area (Å²) in [6, 6.07) is 0. The van der Waals surface area contributed by atoms with Crippen molar-refractivity contribution >= 4 is 5.97 Å². The summed E-state index contributed by atoms with van der Waals surface area (Å²) in [7, 11) is 1.04. The molecule has 0 saturated carbocycles. The van der Waals surface area contributed by atoms with Crippen molar-refractivity contribution in [3.05, 3.63) is 22.2 Å². The highest BCUT2D eigenvalue weighted by atomic mass is 19.3. The molecule has 0 spiro atoms. The second-order valence-corrected chi connectivity index (χ2v) is 3.19. The van der Waals surface area contributed by atoms with E-state index in [0.29, 0.717) is 0 Å². The Morgan fingerprint density at radius 3 is 2.76 bits per heavy atom. The lowest BCUT2D eigenvalue weighted by molar-refractivity contribution is -0.142. The number of carbonyl (C=O) groups excluding carboxylic acids is 1. The second kappa shape index (κ2) is 5.37. The lowest BCUT2D eigenvalue weighted by Crippen LogP contribution is -2.24. The average Bonchev–Trinajstić information content (AvgIpc) is 2.26. The summed E-state index contributed by atoms with van der Waals surface area (Å²) in [6.45, 7) is 0. The summed E-state index contributed by atoms with van der Waals surface area (Å²) < 4.78 is 29.7. The third-order valence-electron chi connectivity index (χ3n) is 2.16. The topological polar surface area (TPSA) is 92.3 Å². The minimum absolute atomic E-state index is 0.618. The van der Waals surface area contributed by atoms with E-state index in [4.69, 9.17) is 0 Å². The minimum Gasteiger partial charge on any atom is -0.493 e. The molecule has 1 rings (SSSR count). The van der Waals surface area contributed by atoms with Gasteiger partial charge in [-0.25, -0.2) is 13.8 Å². The van der Waals surface area contributed by atoms with E-state index < -0.39 is 41.7 Å². The zero-order chi connectivity index (χ0) is 13.0. The van der Waals surface area contributed by atoms with E-state index in [1.165, 1.54) is 0 Å². The Morgan fingerprint density at radius 1 is 1.65 bits per heavy atom. The highest BCUT2D eigenvalue weighted by molar-refractivity contribution is 5.70. The van der Waals surface area contributed by atoms with E-state index in [-0.39, 0.29) is 0 Å². The van der Waals surface area contributed by atoms with Gasteiger partial charge in [0.05, 0.1) is 31.3 Å². The van der Waals surface area contributed by atoms with Crippen LogP contribution in [-0.4, -0.2) is 34.6 Å². The van der Waals surface area contributed by atoms with Gasteiger partial charge in [0.1, 0.15) is 0 Å². The normalized spacial score (nSPS) is 12.5. The molecule has 1 aromatic heterocycles. The summed E-state index contributed by atoms with van der Waals surface area (Å²) >= 11 is 0. The van der Waals surface area contributed by atoms with E-state index >= 15 is 0 Å². The third kappa shape index (κ3) is 2.99. The van der Waals surface area contributed by atoms with Crippen LogP contribution in [0.2, 0.25) is 0 Å². The predicted octanol–water partition coefficient (Wildman–Crippen LogP) is 0.387. The van der Waals surface area contributed by atoms with Crippen LogP contribution < -0.4 is 5.56 Å². The van der Waals surface area contributed by atoms with Crippen LogP contribution in [0.4, 0.5) is 8.78 Å². The standard InChI is InChI=1S/C9H10F2N2O4/c1-17-5(14)2-4(7(10)11)6-8(15)12-3-13-9(6)16/h3-4,7H,2H2,1H3,(H2,12,13,15,16). The number of aromatic nitrogens is 2. The monoisotopic (exact) mass is 248 g/mol. The van der Waals surface area contributed by atoms with Crippen molar-refractivity contribution < 1.29 is 23.4 Å². The molecular formula is C9H10F2N2O4. The molecule has 0 bridgehead atoms. The SMILES string of the molecule is COC(=O)CC(c1c(O)nc[nH]c1=O)C(F)F. The molecule has 1 aromatic rings. The molecule has 0 aliphatic heterocycles. The van der Waals surface area contributed by atoms with Crippen molar-refractivity contribution in [1.82, 2.24) is 9.97 Å². The van der Waals surface area contributed by atoms with Crippen LogP contribution in [0.25, 0.3) is 0 Å². The van der Waals surface area contributed by atoms with Crippen molar-refractivity contribution in [2.24, 2.45) is 0 Å². The van der Waals surface area contributed by atoms with Crippen LogP contribution in [0.1, 0.15) is 17.9 Å². The highest BCUT2D eigenvalue weighted by Crippen LogP contribution is 2.29. The number of esters is 1. The summed E-state index contributed by atoms with van der Waals surface area (Å²) in [5, 5.41) is 9.28. The van der Waals surface area contributed by atoms with Gasteiger partial charge in [0, 0.05) is 0 Å². The van der Waals surface area contributed by atoms with Crippen molar-refractivity contribution in [1.29, 1.82) is 0 Å². The fraction of sp³-hybridized carbons (Fsp3) is 0.444. The number of hydrogen-bond acceptors (Lipinski definition) is 5. The van der Waals surface area contributed by atoms with Crippen LogP contribution in [0.15, 0.2) is 11.1 Å². The smallest absolute Gasteiger partial charge is 0.306 e. The molecular weight excluding hydrogens is 238 g/mol. The number of rotatable bonds is 4. The van der Waals surface area contributed by atoms with Crippen molar-refractivity contribution in [2.45, 2.75) is 18.8 Å². The van der Waals surface area contributed by atoms with Crippen LogP contribution in [0, 0.1) is 0 Å². The predicted molar refractivity (Wildman–Crippen MR) is 51.9 cm³/mol. The minimum atomic E-state index is -3.00. The lowest BCUT2D eigenvalue weighted by Gasteiger charge is -2.14. The summed E-state index contributed by atoms with van der Waals surface area (Å²) in [4.78, 5) is 27.6. The zero-order valence-corrected chi connectivity index (χ0v) is 8.81. The summed E-state index contributed by atoms with van der Waals surface area (Å²) in [5.41, 5.74) is -1.53. The molecule has 0 aliphatic rings. The van der Waals surface area contributed by atoms with Crippen LogP contribution in [-0.2, 0) is 9.53 Å². The molecule has 17 heavy (non-hydrogen) atoms. The lowest BCUT2D eigenvalue weighted by atomic mass is 9.98. The fourth-order valence-corrected chi connectivity index (χ4v) is 1.32. The van der Waals surface area contributed by atoms with Gasteiger partial charge in [-0.1, -0.05) is 0 Å². The van der Waals surface area contributed by atoms with Crippen molar-refractivity contribution in [3.8, 4) is 5.88 Å². The van der Waals surface area contributed by atoms with Crippen LogP contribution in [0.5, 0.6) is 5.88 Å². The maximum Gasteiger partial charge on any atom is 0.306 e. The van der Waals surface area contributed by atoms with Crippen LogP contribution >= 0.6 is 0 Å². The van der Waals surface area contributed by atoms with E-state index in [1.807, 2.05) is 0 Å². The molecule has 0 aromatic carbocycles. The molecule has 94 valence electrons. The molecule has 0 aliphatic carbocycles. The number of alkyl halides is 2. The number of hydrogen-bond donors (Lipinski definition) is 2. The second-order valence-electron chi connectivity index (χ2n) is 3.19. The molecule has 0 amide bonds.